The highest BCUT2D eigenvalue weighted by Crippen LogP contribution is 2.58. The third-order valence-corrected chi connectivity index (χ3v) is 26.1. The van der Waals surface area contributed by atoms with Crippen molar-refractivity contribution in [3.05, 3.63) is 337 Å². The van der Waals surface area contributed by atoms with Crippen LogP contribution in [0.4, 0.5) is 68.2 Å². The van der Waals surface area contributed by atoms with Gasteiger partial charge >= 0.3 is 0 Å². The summed E-state index contributed by atoms with van der Waals surface area (Å²) in [4.78, 5) is 10.2. The average molecular weight is 1530 g/mol. The van der Waals surface area contributed by atoms with Crippen LogP contribution in [-0.4, -0.2) is 13.4 Å². The summed E-state index contributed by atoms with van der Waals surface area (Å²) in [5, 5.41) is 7.89. The Balaban J connectivity index is 1.07. The van der Waals surface area contributed by atoms with E-state index in [0.717, 1.165) is 45.5 Å². The second kappa shape index (κ2) is 26.7. The molecule has 16 aromatic rings. The van der Waals surface area contributed by atoms with Crippen LogP contribution in [0.1, 0.15) is 158 Å². The molecule has 0 aliphatic carbocycles. The van der Waals surface area contributed by atoms with Gasteiger partial charge in [-0.3, -0.25) is 0 Å². The molecule has 0 N–H and O–H groups in total. The Morgan fingerprint density at radius 3 is 0.788 bits per heavy atom. The smallest absolute Gasteiger partial charge is 0.248 e. The molecule has 0 fully saturated rings. The average Bonchev–Trinajstić information content (AvgIpc) is 0.659. The van der Waals surface area contributed by atoms with Crippen LogP contribution in [0.2, 0.25) is 0 Å². The maximum atomic E-state index is 2.79. The molecule has 0 saturated carbocycles. The second-order valence-electron chi connectivity index (χ2n) is 40.1. The molecule has 0 radical (unpaired) electrons. The number of nitrogens with zero attached hydrogens (tertiary/aromatic N) is 4. The number of para-hydroxylation sites is 8. The van der Waals surface area contributed by atoms with E-state index in [-0.39, 0.29) is 45.9 Å². The molecule has 0 aromatic heterocycles. The molecule has 20 rings (SSSR count). The van der Waals surface area contributed by atoms with Gasteiger partial charge in [0.25, 0.3) is 0 Å². The predicted molar refractivity (Wildman–Crippen MR) is 512 cm³/mol. The molecule has 16 aromatic carbocycles. The largest absolute Gasteiger partial charge is 0.311 e. The van der Waals surface area contributed by atoms with Gasteiger partial charge in [0, 0.05) is 68.2 Å². The number of rotatable bonds is 10. The Labute approximate surface area is 700 Å². The van der Waals surface area contributed by atoms with Crippen LogP contribution >= 0.6 is 0 Å². The molecular weight excluding hydrogens is 1420 g/mol. The topological polar surface area (TPSA) is 13.0 Å². The Morgan fingerprint density at radius 2 is 0.500 bits per heavy atom. The number of benzene rings is 16. The van der Waals surface area contributed by atoms with Crippen molar-refractivity contribution in [3.63, 3.8) is 0 Å². The van der Waals surface area contributed by atoms with E-state index in [4.69, 9.17) is 0 Å². The normalized spacial score (nSPS) is 13.6. The summed E-state index contributed by atoms with van der Waals surface area (Å²) in [6, 6.07) is 117. The molecule has 0 saturated heterocycles. The minimum absolute atomic E-state index is 0.146. The van der Waals surface area contributed by atoms with Crippen molar-refractivity contribution in [3.8, 4) is 44.5 Å². The number of hydrogen-bond acceptors (Lipinski definition) is 4. The predicted octanol–water partition coefficient (Wildman–Crippen LogP) is 27.2. The van der Waals surface area contributed by atoms with Crippen molar-refractivity contribution < 1.29 is 0 Å². The van der Waals surface area contributed by atoms with Gasteiger partial charge in [-0.15, -0.1) is 0 Å². The monoisotopic (exact) mass is 1530 g/mol. The van der Waals surface area contributed by atoms with E-state index >= 15 is 0 Å². The van der Waals surface area contributed by atoms with Gasteiger partial charge in [0.1, 0.15) is 0 Å². The van der Waals surface area contributed by atoms with E-state index in [1.54, 1.807) is 0 Å². The number of fused-ring (bicyclic) bond motifs is 8. The Bertz CT molecular complexity index is 6170. The van der Waals surface area contributed by atoms with Crippen molar-refractivity contribution in [1.29, 1.82) is 0 Å². The van der Waals surface area contributed by atoms with E-state index < -0.39 is 0 Å². The van der Waals surface area contributed by atoms with Gasteiger partial charge in [0.15, 0.2) is 0 Å². The molecule has 4 aliphatic heterocycles. The van der Waals surface area contributed by atoms with Crippen molar-refractivity contribution in [2.75, 3.05) is 19.6 Å². The summed E-state index contributed by atoms with van der Waals surface area (Å²) in [5.74, 6) is 0. The molecular formula is C112H104B2N4. The third kappa shape index (κ3) is 11.8. The molecule has 118 heavy (non-hydrogen) atoms. The molecule has 4 heterocycles. The van der Waals surface area contributed by atoms with Gasteiger partial charge in [0.05, 0.1) is 0 Å². The molecule has 578 valence electrons. The minimum atomic E-state index is -0.304. The summed E-state index contributed by atoms with van der Waals surface area (Å²) in [7, 11) is 0. The lowest BCUT2D eigenvalue weighted by Crippen LogP contribution is -2.60. The van der Waals surface area contributed by atoms with Gasteiger partial charge in [-0.2, -0.15) is 0 Å². The quantitative estimate of drug-likeness (QED) is 0.0999. The van der Waals surface area contributed by atoms with Gasteiger partial charge in [-0.25, -0.2) is 0 Å². The molecule has 0 unspecified atom stereocenters. The Hall–Kier alpha value is -12.1. The number of hydrogen-bond donors (Lipinski definition) is 0. The zero-order valence-corrected chi connectivity index (χ0v) is 71.8. The first-order valence-corrected chi connectivity index (χ1v) is 42.7. The maximum Gasteiger partial charge on any atom is 0.248 e. The minimum Gasteiger partial charge on any atom is -0.311 e. The Morgan fingerprint density at radius 1 is 0.220 bits per heavy atom. The van der Waals surface area contributed by atoms with E-state index in [9.17, 15) is 0 Å². The maximum absolute atomic E-state index is 2.79. The van der Waals surface area contributed by atoms with E-state index in [1.807, 2.05) is 0 Å². The zero-order valence-electron chi connectivity index (χ0n) is 71.8. The van der Waals surface area contributed by atoms with Crippen molar-refractivity contribution >= 4 is 147 Å². The van der Waals surface area contributed by atoms with Crippen LogP contribution in [0, 0.1) is 0 Å². The third-order valence-electron chi connectivity index (χ3n) is 26.1. The van der Waals surface area contributed by atoms with Gasteiger partial charge in [-0.1, -0.05) is 318 Å². The summed E-state index contributed by atoms with van der Waals surface area (Å²) >= 11 is 0. The molecule has 6 heteroatoms. The van der Waals surface area contributed by atoms with E-state index in [0.29, 0.717) is 0 Å². The lowest BCUT2D eigenvalue weighted by atomic mass is 9.31. The van der Waals surface area contributed by atoms with Gasteiger partial charge < -0.3 is 19.6 Å². The first-order valence-electron chi connectivity index (χ1n) is 42.7. The highest BCUT2D eigenvalue weighted by atomic mass is 15.2. The molecule has 0 spiro atoms. The van der Waals surface area contributed by atoms with Crippen molar-refractivity contribution in [2.45, 2.75) is 157 Å². The van der Waals surface area contributed by atoms with Gasteiger partial charge in [-0.05, 0) is 286 Å². The van der Waals surface area contributed by atoms with Crippen LogP contribution in [0.25, 0.3) is 76.8 Å². The van der Waals surface area contributed by atoms with E-state index in [1.165, 1.54) is 166 Å². The van der Waals surface area contributed by atoms with E-state index in [2.05, 4.69) is 448 Å². The molecule has 0 amide bonds. The fourth-order valence-corrected chi connectivity index (χ4v) is 20.6. The van der Waals surface area contributed by atoms with Crippen LogP contribution in [-0.2, 0) is 32.5 Å². The van der Waals surface area contributed by atoms with Crippen LogP contribution < -0.4 is 52.4 Å². The van der Waals surface area contributed by atoms with Crippen LogP contribution in [0.3, 0.4) is 0 Å². The fraction of sp³-hybridized carbons (Fsp3) is 0.214. The SMILES string of the molecule is CC(C)(C)c1cc(C(C)(C)C)c(-c2cc3c4c(cc5c(-c6c(C(C)(C)C)cc(C(C)(C)C)cc6C(C)(C)C)cc6c7c(cc2c4c57)B2c4ccccc4N(c4ccccc4)c4cc(N(c5ccccc5)c5ccccc5)cc-6c42)B2c4ccccc4N(c4ccccc4)c4cc(N(c5ccccc5)c5ccccc5)cc-3c42)c(C(C)(C)C)c1. The molecule has 0 atom stereocenters. The number of anilines is 12. The molecule has 4 aliphatic rings. The molecule has 4 nitrogen and oxygen atoms in total. The highest BCUT2D eigenvalue weighted by molar-refractivity contribution is 7.02. The summed E-state index contributed by atoms with van der Waals surface area (Å²) in [6.07, 6.45) is 0. The fourth-order valence-electron chi connectivity index (χ4n) is 20.6. The molecule has 0 bridgehead atoms. The lowest BCUT2D eigenvalue weighted by Gasteiger charge is -2.43. The first kappa shape index (κ1) is 74.7. The standard InChI is InChI=1S/C112H104B2N4/c1-107(2,3)69-57-87(109(7,8)9)99(88(58-69)110(10,11)12)79-65-81-85-61-77(115(71-41-25-19-26-42-71)72-43-27-20-28-44-72)63-97-105(85)114(92-54-38-40-56-96(92)117(97)75-49-33-23-34-50-75)94-68-84-80(100-89(111(13,14)15)59-70(108(4,5)6)60-90(100)112(16,17)18)66-82-86-62-78(116(73-45-29-21-30-46-73)74-47-31-22-32-48-74)64-98-106(86)113(93-67-83(79)103(101(81)94)104(84)102(82)93)91-53-37-39-55-95(91)118(98)76-51-35-24-36-52-76/h19-68H,1-18H3. The van der Waals surface area contributed by atoms with Crippen LogP contribution in [0.5, 0.6) is 0 Å². The lowest BCUT2D eigenvalue weighted by molar-refractivity contribution is 0.550. The summed E-state index contributed by atoms with van der Waals surface area (Å²) in [5.41, 5.74) is 38.3. The van der Waals surface area contributed by atoms with Crippen molar-refractivity contribution in [1.82, 2.24) is 0 Å². The van der Waals surface area contributed by atoms with Gasteiger partial charge in [0.2, 0.25) is 13.4 Å². The zero-order chi connectivity index (χ0) is 81.8. The van der Waals surface area contributed by atoms with Crippen LogP contribution in [0.15, 0.2) is 303 Å². The summed E-state index contributed by atoms with van der Waals surface area (Å²) < 4.78 is 0. The summed E-state index contributed by atoms with van der Waals surface area (Å²) in [6.45, 7) is 43.7. The second-order valence-corrected chi connectivity index (χ2v) is 40.1. The highest BCUT2D eigenvalue weighted by Gasteiger charge is 2.48. The van der Waals surface area contributed by atoms with Crippen molar-refractivity contribution in [2.24, 2.45) is 0 Å². The Kier molecular flexibility index (Phi) is 16.9. The first-order chi connectivity index (χ1) is 56.4.